The van der Waals surface area contributed by atoms with Gasteiger partial charge in [-0.15, -0.1) is 0 Å². The summed E-state index contributed by atoms with van der Waals surface area (Å²) >= 11 is 0. The van der Waals surface area contributed by atoms with Crippen LogP contribution in [0.25, 0.3) is 0 Å². The van der Waals surface area contributed by atoms with Gasteiger partial charge in [-0.05, 0) is 19.9 Å². The maximum Gasteiger partial charge on any atom is 0.311 e. The number of carbonyl (C=O) groups is 1. The van der Waals surface area contributed by atoms with Crippen LogP contribution in [0.2, 0.25) is 0 Å². The SMILES string of the molecule is CCOc1cc(N(CC)CCC(=O)O)ccc1[N+](=O)[O-]. The molecule has 0 aliphatic heterocycles. The first-order valence-electron chi connectivity index (χ1n) is 6.37. The molecule has 0 aliphatic rings. The number of hydrogen-bond donors (Lipinski definition) is 1. The quantitative estimate of drug-likeness (QED) is 0.581. The highest BCUT2D eigenvalue weighted by Crippen LogP contribution is 2.31. The highest BCUT2D eigenvalue weighted by Gasteiger charge is 2.17. The van der Waals surface area contributed by atoms with E-state index in [9.17, 15) is 14.9 Å². The fourth-order valence-electron chi connectivity index (χ4n) is 1.82. The second kappa shape index (κ2) is 7.32. The van der Waals surface area contributed by atoms with E-state index in [-0.39, 0.29) is 17.9 Å². The molecule has 0 saturated heterocycles. The van der Waals surface area contributed by atoms with E-state index in [1.165, 1.54) is 6.07 Å². The van der Waals surface area contributed by atoms with Gasteiger partial charge in [-0.3, -0.25) is 14.9 Å². The van der Waals surface area contributed by atoms with Crippen LogP contribution in [0, 0.1) is 10.1 Å². The Hall–Kier alpha value is -2.31. The molecule has 1 aromatic rings. The highest BCUT2D eigenvalue weighted by molar-refractivity contribution is 5.68. The van der Waals surface area contributed by atoms with Gasteiger partial charge in [0.05, 0.1) is 18.0 Å². The molecule has 0 spiro atoms. The van der Waals surface area contributed by atoms with Gasteiger partial charge < -0.3 is 14.7 Å². The molecule has 0 heterocycles. The van der Waals surface area contributed by atoms with Crippen molar-refractivity contribution in [3.8, 4) is 5.75 Å². The van der Waals surface area contributed by atoms with Crippen molar-refractivity contribution in [2.24, 2.45) is 0 Å². The van der Waals surface area contributed by atoms with Gasteiger partial charge in [0, 0.05) is 30.9 Å². The van der Waals surface area contributed by atoms with E-state index < -0.39 is 10.9 Å². The summed E-state index contributed by atoms with van der Waals surface area (Å²) in [5, 5.41) is 19.6. The van der Waals surface area contributed by atoms with Crippen LogP contribution in [0.3, 0.4) is 0 Å². The average Bonchev–Trinajstić information content (AvgIpc) is 2.39. The van der Waals surface area contributed by atoms with Crippen molar-refractivity contribution in [1.29, 1.82) is 0 Å². The first kappa shape index (κ1) is 15.7. The van der Waals surface area contributed by atoms with E-state index in [0.29, 0.717) is 25.4 Å². The molecule has 7 nitrogen and oxygen atoms in total. The fourth-order valence-corrected chi connectivity index (χ4v) is 1.82. The van der Waals surface area contributed by atoms with Crippen LogP contribution in [0.15, 0.2) is 18.2 Å². The molecular formula is C13H18N2O5. The standard InChI is InChI=1S/C13H18N2O5/c1-3-14(8-7-13(16)17)10-5-6-11(15(18)19)12(9-10)20-4-2/h5-6,9H,3-4,7-8H2,1-2H3,(H,16,17). The molecule has 0 unspecified atom stereocenters. The van der Waals surface area contributed by atoms with Gasteiger partial charge >= 0.3 is 11.7 Å². The normalized spacial score (nSPS) is 10.1. The molecule has 110 valence electrons. The summed E-state index contributed by atoms with van der Waals surface area (Å²) in [6, 6.07) is 4.56. The number of rotatable bonds is 8. The average molecular weight is 282 g/mol. The molecular weight excluding hydrogens is 264 g/mol. The van der Waals surface area contributed by atoms with E-state index in [0.717, 1.165) is 0 Å². The lowest BCUT2D eigenvalue weighted by molar-refractivity contribution is -0.385. The number of aliphatic carboxylic acids is 1. The maximum absolute atomic E-state index is 10.9. The molecule has 0 aliphatic carbocycles. The molecule has 0 fully saturated rings. The number of nitrogens with zero attached hydrogens (tertiary/aromatic N) is 2. The third-order valence-corrected chi connectivity index (χ3v) is 2.78. The fraction of sp³-hybridized carbons (Fsp3) is 0.462. The van der Waals surface area contributed by atoms with Crippen LogP contribution in [-0.2, 0) is 4.79 Å². The minimum absolute atomic E-state index is 0.00873. The Balaban J connectivity index is 3.01. The van der Waals surface area contributed by atoms with Crippen LogP contribution in [0.1, 0.15) is 20.3 Å². The van der Waals surface area contributed by atoms with Gasteiger partial charge in [0.15, 0.2) is 5.75 Å². The molecule has 0 saturated carbocycles. The number of anilines is 1. The summed E-state index contributed by atoms with van der Waals surface area (Å²) in [4.78, 5) is 22.9. The van der Waals surface area contributed by atoms with Crippen molar-refractivity contribution in [2.75, 3.05) is 24.6 Å². The molecule has 0 amide bonds. The number of ether oxygens (including phenoxy) is 1. The molecule has 20 heavy (non-hydrogen) atoms. The minimum atomic E-state index is -0.879. The predicted octanol–water partition coefficient (Wildman–Crippen LogP) is 2.29. The lowest BCUT2D eigenvalue weighted by Crippen LogP contribution is -2.25. The molecule has 1 aromatic carbocycles. The zero-order valence-corrected chi connectivity index (χ0v) is 11.5. The highest BCUT2D eigenvalue weighted by atomic mass is 16.6. The van der Waals surface area contributed by atoms with Crippen molar-refractivity contribution in [3.05, 3.63) is 28.3 Å². The van der Waals surface area contributed by atoms with Gasteiger partial charge in [0.2, 0.25) is 0 Å². The van der Waals surface area contributed by atoms with E-state index >= 15 is 0 Å². The number of carboxylic acids is 1. The lowest BCUT2D eigenvalue weighted by atomic mass is 10.2. The molecule has 0 atom stereocenters. The summed E-state index contributed by atoms with van der Waals surface area (Å²) in [5.74, 6) is -0.681. The van der Waals surface area contributed by atoms with Gasteiger partial charge in [0.25, 0.3) is 0 Å². The summed E-state index contributed by atoms with van der Waals surface area (Å²) in [7, 11) is 0. The van der Waals surface area contributed by atoms with E-state index in [1.54, 1.807) is 19.1 Å². The van der Waals surface area contributed by atoms with Crippen LogP contribution < -0.4 is 9.64 Å². The summed E-state index contributed by atoms with van der Waals surface area (Å²) in [6.07, 6.45) is 0.00873. The molecule has 1 rings (SSSR count). The zero-order valence-electron chi connectivity index (χ0n) is 11.5. The van der Waals surface area contributed by atoms with E-state index in [1.807, 2.05) is 11.8 Å². The molecule has 7 heteroatoms. The van der Waals surface area contributed by atoms with Gasteiger partial charge in [0.1, 0.15) is 0 Å². The Morgan fingerprint density at radius 3 is 2.65 bits per heavy atom. The Morgan fingerprint density at radius 1 is 1.45 bits per heavy atom. The second-order valence-electron chi connectivity index (χ2n) is 4.07. The van der Waals surface area contributed by atoms with Gasteiger partial charge in [-0.25, -0.2) is 0 Å². The number of carboxylic acid groups (broad SMARTS) is 1. The smallest absolute Gasteiger partial charge is 0.311 e. The van der Waals surface area contributed by atoms with Gasteiger partial charge in [-0.2, -0.15) is 0 Å². The number of benzene rings is 1. The van der Waals surface area contributed by atoms with Crippen molar-refractivity contribution in [3.63, 3.8) is 0 Å². The number of hydrogen-bond acceptors (Lipinski definition) is 5. The second-order valence-corrected chi connectivity index (χ2v) is 4.07. The Labute approximate surface area is 116 Å². The summed E-state index contributed by atoms with van der Waals surface area (Å²) in [5.41, 5.74) is 0.618. The molecule has 0 bridgehead atoms. The predicted molar refractivity (Wildman–Crippen MR) is 74.4 cm³/mol. The maximum atomic E-state index is 10.9. The van der Waals surface area contributed by atoms with Crippen LogP contribution in [0.5, 0.6) is 5.75 Å². The summed E-state index contributed by atoms with van der Waals surface area (Å²) < 4.78 is 5.27. The Kier molecular flexibility index (Phi) is 5.76. The van der Waals surface area contributed by atoms with Crippen LogP contribution in [0.4, 0.5) is 11.4 Å². The number of nitro groups is 1. The minimum Gasteiger partial charge on any atom is -0.487 e. The van der Waals surface area contributed by atoms with E-state index in [4.69, 9.17) is 9.84 Å². The van der Waals surface area contributed by atoms with Crippen molar-refractivity contribution >= 4 is 17.3 Å². The molecule has 0 aromatic heterocycles. The van der Waals surface area contributed by atoms with Gasteiger partial charge in [-0.1, -0.05) is 0 Å². The molecule has 1 N–H and O–H groups in total. The van der Waals surface area contributed by atoms with Crippen LogP contribution in [-0.4, -0.2) is 35.7 Å². The van der Waals surface area contributed by atoms with E-state index in [2.05, 4.69) is 0 Å². The monoisotopic (exact) mass is 282 g/mol. The van der Waals surface area contributed by atoms with Crippen molar-refractivity contribution < 1.29 is 19.6 Å². The zero-order chi connectivity index (χ0) is 15.1. The molecule has 0 radical (unpaired) electrons. The van der Waals surface area contributed by atoms with Crippen molar-refractivity contribution in [2.45, 2.75) is 20.3 Å². The number of nitro benzene ring substituents is 1. The third kappa shape index (κ3) is 4.11. The Bertz CT molecular complexity index is 490. The first-order valence-corrected chi connectivity index (χ1v) is 6.37. The third-order valence-electron chi connectivity index (χ3n) is 2.78. The van der Waals surface area contributed by atoms with Crippen molar-refractivity contribution in [1.82, 2.24) is 0 Å². The first-order chi connectivity index (χ1) is 9.49. The van der Waals surface area contributed by atoms with Crippen LogP contribution >= 0.6 is 0 Å². The summed E-state index contributed by atoms with van der Waals surface area (Å²) in [6.45, 7) is 4.92. The lowest BCUT2D eigenvalue weighted by Gasteiger charge is -2.22. The largest absolute Gasteiger partial charge is 0.487 e. The Morgan fingerprint density at radius 2 is 2.15 bits per heavy atom. The topological polar surface area (TPSA) is 92.9 Å².